The van der Waals surface area contributed by atoms with E-state index in [1.165, 1.54) is 5.56 Å². The largest absolute Gasteiger partial charge is 0.506 e. The number of carbonyl (C=O) groups excluding carboxylic acids is 2. The fraction of sp³-hybridized carbons (Fsp3) is 0.391. The van der Waals surface area contributed by atoms with Gasteiger partial charge in [0.15, 0.2) is 0 Å². The van der Waals surface area contributed by atoms with Gasteiger partial charge in [-0.1, -0.05) is 18.2 Å². The van der Waals surface area contributed by atoms with Crippen molar-refractivity contribution in [2.75, 3.05) is 5.32 Å². The number of aryl methyl sites for hydroxylation is 2. The quantitative estimate of drug-likeness (QED) is 0.788. The maximum atomic E-state index is 12.8. The lowest BCUT2D eigenvalue weighted by molar-refractivity contribution is -0.121. The number of anilines is 1. The molecule has 1 heterocycles. The van der Waals surface area contributed by atoms with E-state index in [0.29, 0.717) is 12.2 Å². The van der Waals surface area contributed by atoms with Gasteiger partial charge in [-0.15, -0.1) is 0 Å². The number of hydrogen-bond acceptors (Lipinski definition) is 3. The van der Waals surface area contributed by atoms with Gasteiger partial charge in [0.1, 0.15) is 5.75 Å². The van der Waals surface area contributed by atoms with Gasteiger partial charge in [-0.3, -0.25) is 9.59 Å². The van der Waals surface area contributed by atoms with Gasteiger partial charge in [0.05, 0.1) is 5.69 Å². The number of hydrogen-bond donors (Lipinski definition) is 2. The van der Waals surface area contributed by atoms with Crippen LogP contribution in [0.4, 0.5) is 5.69 Å². The van der Waals surface area contributed by atoms with Crippen molar-refractivity contribution in [3.8, 4) is 5.75 Å². The second-order valence-corrected chi connectivity index (χ2v) is 8.05. The SMILES string of the molecule is Cc1ccc(NC(=O)C2CCC(N3Cc4c(C)cccc4C3=O)CC2)c(O)c1. The maximum Gasteiger partial charge on any atom is 0.254 e. The number of rotatable bonds is 3. The summed E-state index contributed by atoms with van der Waals surface area (Å²) in [7, 11) is 0. The second-order valence-electron chi connectivity index (χ2n) is 8.05. The van der Waals surface area contributed by atoms with Gasteiger partial charge in [-0.05, 0) is 74.4 Å². The highest BCUT2D eigenvalue weighted by Crippen LogP contribution is 2.35. The van der Waals surface area contributed by atoms with Crippen LogP contribution in [0, 0.1) is 19.8 Å². The molecule has 0 aromatic heterocycles. The number of fused-ring (bicyclic) bond motifs is 1. The Hall–Kier alpha value is -2.82. The van der Waals surface area contributed by atoms with Gasteiger partial charge in [0.25, 0.3) is 5.91 Å². The minimum atomic E-state index is -0.0845. The van der Waals surface area contributed by atoms with Crippen molar-refractivity contribution in [1.82, 2.24) is 4.90 Å². The second kappa shape index (κ2) is 7.30. The fourth-order valence-corrected chi connectivity index (χ4v) is 4.44. The van der Waals surface area contributed by atoms with E-state index in [1.807, 2.05) is 30.0 Å². The summed E-state index contributed by atoms with van der Waals surface area (Å²) in [6.07, 6.45) is 3.16. The van der Waals surface area contributed by atoms with Crippen LogP contribution in [0.1, 0.15) is 52.7 Å². The molecule has 2 aromatic rings. The van der Waals surface area contributed by atoms with Gasteiger partial charge in [-0.2, -0.15) is 0 Å². The van der Waals surface area contributed by atoms with E-state index in [9.17, 15) is 14.7 Å². The molecule has 0 radical (unpaired) electrons. The van der Waals surface area contributed by atoms with E-state index in [0.717, 1.165) is 42.4 Å². The van der Waals surface area contributed by atoms with Crippen LogP contribution in [0.25, 0.3) is 0 Å². The Balaban J connectivity index is 1.37. The summed E-state index contributed by atoms with van der Waals surface area (Å²) in [6.45, 7) is 4.63. The van der Waals surface area contributed by atoms with Crippen molar-refractivity contribution < 1.29 is 14.7 Å². The molecule has 5 nitrogen and oxygen atoms in total. The maximum absolute atomic E-state index is 12.8. The highest BCUT2D eigenvalue weighted by atomic mass is 16.3. The monoisotopic (exact) mass is 378 g/mol. The molecule has 146 valence electrons. The average molecular weight is 378 g/mol. The zero-order valence-electron chi connectivity index (χ0n) is 16.4. The molecule has 0 atom stereocenters. The molecule has 0 unspecified atom stereocenters. The molecule has 1 aliphatic carbocycles. The van der Waals surface area contributed by atoms with Gasteiger partial charge < -0.3 is 15.3 Å². The minimum Gasteiger partial charge on any atom is -0.506 e. The van der Waals surface area contributed by atoms with Gasteiger partial charge in [0.2, 0.25) is 5.91 Å². The predicted octanol–water partition coefficient (Wildman–Crippen LogP) is 4.16. The Labute approximate surface area is 165 Å². The van der Waals surface area contributed by atoms with E-state index in [1.54, 1.807) is 12.1 Å². The van der Waals surface area contributed by atoms with Crippen molar-refractivity contribution in [3.05, 3.63) is 58.7 Å². The molecule has 1 saturated carbocycles. The zero-order chi connectivity index (χ0) is 19.8. The van der Waals surface area contributed by atoms with Crippen LogP contribution in [0.5, 0.6) is 5.75 Å². The molecule has 5 heteroatoms. The van der Waals surface area contributed by atoms with Crippen molar-refractivity contribution in [3.63, 3.8) is 0 Å². The Morgan fingerprint density at radius 3 is 2.54 bits per heavy atom. The molecule has 0 bridgehead atoms. The summed E-state index contributed by atoms with van der Waals surface area (Å²) in [5.41, 5.74) is 4.54. The molecule has 2 amide bonds. The Kier molecular flexibility index (Phi) is 4.84. The first-order chi connectivity index (χ1) is 13.4. The summed E-state index contributed by atoms with van der Waals surface area (Å²) in [4.78, 5) is 27.4. The molecule has 2 N–H and O–H groups in total. The molecule has 1 aliphatic heterocycles. The summed E-state index contributed by atoms with van der Waals surface area (Å²) >= 11 is 0. The summed E-state index contributed by atoms with van der Waals surface area (Å²) in [6, 6.07) is 11.3. The number of phenolic OH excluding ortho intramolecular Hbond substituents is 1. The third kappa shape index (κ3) is 3.37. The van der Waals surface area contributed by atoms with Gasteiger partial charge in [-0.25, -0.2) is 0 Å². The zero-order valence-corrected chi connectivity index (χ0v) is 16.4. The van der Waals surface area contributed by atoms with E-state index >= 15 is 0 Å². The van der Waals surface area contributed by atoms with Crippen LogP contribution in [0.2, 0.25) is 0 Å². The molecule has 0 spiro atoms. The number of benzene rings is 2. The highest BCUT2D eigenvalue weighted by molar-refractivity contribution is 5.99. The topological polar surface area (TPSA) is 69.6 Å². The van der Waals surface area contributed by atoms with E-state index in [-0.39, 0.29) is 29.5 Å². The average Bonchev–Trinajstić information content (AvgIpc) is 3.02. The van der Waals surface area contributed by atoms with Crippen LogP contribution >= 0.6 is 0 Å². The van der Waals surface area contributed by atoms with Crippen molar-refractivity contribution in [2.24, 2.45) is 5.92 Å². The van der Waals surface area contributed by atoms with Crippen molar-refractivity contribution >= 4 is 17.5 Å². The Bertz CT molecular complexity index is 929. The van der Waals surface area contributed by atoms with Crippen LogP contribution < -0.4 is 5.32 Å². The van der Waals surface area contributed by atoms with Crippen molar-refractivity contribution in [1.29, 1.82) is 0 Å². The number of aromatic hydroxyl groups is 1. The lowest BCUT2D eigenvalue weighted by Crippen LogP contribution is -2.40. The Morgan fingerprint density at radius 2 is 1.86 bits per heavy atom. The normalized spacial score (nSPS) is 21.5. The number of amides is 2. The third-order valence-electron chi connectivity index (χ3n) is 6.15. The standard InChI is InChI=1S/C23H26N2O3/c1-14-6-11-20(21(26)12-14)24-22(27)16-7-9-17(10-8-16)25-13-19-15(2)4-3-5-18(19)23(25)28/h3-6,11-12,16-17,26H,7-10,13H2,1-2H3,(H,24,27). The van der Waals surface area contributed by atoms with E-state index < -0.39 is 0 Å². The van der Waals surface area contributed by atoms with E-state index in [4.69, 9.17) is 0 Å². The van der Waals surface area contributed by atoms with E-state index in [2.05, 4.69) is 18.3 Å². The first kappa shape index (κ1) is 18.5. The molecular formula is C23H26N2O3. The predicted molar refractivity (Wildman–Crippen MR) is 108 cm³/mol. The third-order valence-corrected chi connectivity index (χ3v) is 6.15. The Morgan fingerprint density at radius 1 is 1.11 bits per heavy atom. The molecular weight excluding hydrogens is 352 g/mol. The summed E-state index contributed by atoms with van der Waals surface area (Å²) < 4.78 is 0. The van der Waals surface area contributed by atoms with Crippen LogP contribution in [0.3, 0.4) is 0 Å². The molecule has 2 aromatic carbocycles. The number of nitrogens with one attached hydrogen (secondary N) is 1. The molecule has 4 rings (SSSR count). The number of nitrogens with zero attached hydrogens (tertiary/aromatic N) is 1. The van der Waals surface area contributed by atoms with Crippen LogP contribution in [0.15, 0.2) is 36.4 Å². The van der Waals surface area contributed by atoms with Crippen LogP contribution in [-0.4, -0.2) is 27.9 Å². The number of carbonyl (C=O) groups is 2. The van der Waals surface area contributed by atoms with Crippen LogP contribution in [-0.2, 0) is 11.3 Å². The van der Waals surface area contributed by atoms with Gasteiger partial charge >= 0.3 is 0 Å². The highest BCUT2D eigenvalue weighted by Gasteiger charge is 2.36. The smallest absolute Gasteiger partial charge is 0.254 e. The first-order valence-corrected chi connectivity index (χ1v) is 9.94. The lowest BCUT2D eigenvalue weighted by atomic mass is 9.84. The fourth-order valence-electron chi connectivity index (χ4n) is 4.44. The minimum absolute atomic E-state index is 0.0514. The summed E-state index contributed by atoms with van der Waals surface area (Å²) in [5, 5.41) is 12.9. The lowest BCUT2D eigenvalue weighted by Gasteiger charge is -2.34. The number of phenols is 1. The molecule has 0 saturated heterocycles. The molecule has 2 aliphatic rings. The first-order valence-electron chi connectivity index (χ1n) is 9.94. The summed E-state index contributed by atoms with van der Waals surface area (Å²) in [5.74, 6) is 0.0808. The molecule has 1 fully saturated rings. The van der Waals surface area contributed by atoms with Gasteiger partial charge in [0, 0.05) is 24.1 Å². The molecule has 28 heavy (non-hydrogen) atoms. The van der Waals surface area contributed by atoms with Crippen molar-refractivity contribution in [2.45, 2.75) is 52.1 Å².